The first kappa shape index (κ1) is 19.9. The standard InChI is InChI=1S/C25H39N3/c1(2-4-6-8-12-21-18-23-15-16-24(23)19-21)3-5-7-11-17-28-20-25(26-27-28)22-13-9-10-14-22/h9-10,13,20-21,23-24H,1-8,11-12,14-19H2. The number of fused-ring (bicyclic) bond motifs is 1. The van der Waals surface area contributed by atoms with Crippen molar-refractivity contribution < 1.29 is 0 Å². The largest absolute Gasteiger partial charge is 0.252 e. The summed E-state index contributed by atoms with van der Waals surface area (Å²) in [4.78, 5) is 0. The van der Waals surface area contributed by atoms with Crippen LogP contribution in [0.4, 0.5) is 0 Å². The zero-order chi connectivity index (χ0) is 19.0. The third kappa shape index (κ3) is 5.58. The maximum atomic E-state index is 4.30. The van der Waals surface area contributed by atoms with Gasteiger partial charge in [-0.15, -0.1) is 5.10 Å². The molecule has 1 aromatic heterocycles. The molecule has 2 saturated carbocycles. The Balaban J connectivity index is 0.938. The Morgan fingerprint density at radius 3 is 2.18 bits per heavy atom. The third-order valence-electron chi connectivity index (χ3n) is 7.49. The van der Waals surface area contributed by atoms with Crippen molar-refractivity contribution in [3.63, 3.8) is 0 Å². The molecule has 1 heterocycles. The fourth-order valence-electron chi connectivity index (χ4n) is 5.58. The molecule has 2 fully saturated rings. The van der Waals surface area contributed by atoms with Crippen molar-refractivity contribution in [2.45, 2.75) is 103 Å². The highest BCUT2D eigenvalue weighted by Crippen LogP contribution is 2.50. The summed E-state index contributed by atoms with van der Waals surface area (Å²) in [5.74, 6) is 3.40. The van der Waals surface area contributed by atoms with Gasteiger partial charge in [0.05, 0.1) is 6.20 Å². The van der Waals surface area contributed by atoms with E-state index in [0.717, 1.165) is 36.4 Å². The summed E-state index contributed by atoms with van der Waals surface area (Å²) >= 11 is 0. The summed E-state index contributed by atoms with van der Waals surface area (Å²) in [6.07, 6.45) is 30.0. The average Bonchev–Trinajstić information content (AvgIpc) is 3.42. The number of unbranched alkanes of at least 4 members (excludes halogenated alkanes) is 8. The van der Waals surface area contributed by atoms with Crippen LogP contribution in [0.2, 0.25) is 0 Å². The average molecular weight is 382 g/mol. The molecule has 2 atom stereocenters. The predicted molar refractivity (Wildman–Crippen MR) is 117 cm³/mol. The topological polar surface area (TPSA) is 30.7 Å². The number of hydrogen-bond donors (Lipinski definition) is 0. The molecule has 28 heavy (non-hydrogen) atoms. The molecule has 3 aliphatic rings. The summed E-state index contributed by atoms with van der Waals surface area (Å²) in [7, 11) is 0. The van der Waals surface area contributed by atoms with Gasteiger partial charge < -0.3 is 0 Å². The molecular formula is C25H39N3. The van der Waals surface area contributed by atoms with Gasteiger partial charge in [-0.3, -0.25) is 4.68 Å². The molecule has 3 heteroatoms. The summed E-state index contributed by atoms with van der Waals surface area (Å²) in [5.41, 5.74) is 2.34. The van der Waals surface area contributed by atoms with Gasteiger partial charge in [0.2, 0.25) is 0 Å². The molecule has 0 aliphatic heterocycles. The molecule has 0 N–H and O–H groups in total. The van der Waals surface area contributed by atoms with Crippen molar-refractivity contribution in [1.29, 1.82) is 0 Å². The monoisotopic (exact) mass is 381 g/mol. The van der Waals surface area contributed by atoms with Crippen molar-refractivity contribution in [1.82, 2.24) is 15.0 Å². The Hall–Kier alpha value is -1.38. The van der Waals surface area contributed by atoms with E-state index in [1.165, 1.54) is 69.8 Å². The maximum Gasteiger partial charge on any atom is 0.109 e. The number of allylic oxidation sites excluding steroid dienone is 4. The molecule has 3 aliphatic carbocycles. The van der Waals surface area contributed by atoms with Gasteiger partial charge >= 0.3 is 0 Å². The van der Waals surface area contributed by atoms with Crippen LogP contribution in [0.25, 0.3) is 5.57 Å². The van der Waals surface area contributed by atoms with E-state index in [1.807, 2.05) is 4.68 Å². The van der Waals surface area contributed by atoms with E-state index in [4.69, 9.17) is 0 Å². The molecule has 0 aromatic carbocycles. The van der Waals surface area contributed by atoms with Crippen LogP contribution >= 0.6 is 0 Å². The second kappa shape index (κ2) is 10.4. The Labute approximate surface area is 171 Å². The highest BCUT2D eigenvalue weighted by atomic mass is 15.4. The second-order valence-corrected chi connectivity index (χ2v) is 9.60. The van der Waals surface area contributed by atoms with Crippen LogP contribution in [0.1, 0.15) is 102 Å². The van der Waals surface area contributed by atoms with E-state index in [2.05, 4.69) is 34.7 Å². The zero-order valence-corrected chi connectivity index (χ0v) is 17.7. The molecule has 0 radical (unpaired) electrons. The Kier molecular flexibility index (Phi) is 7.41. The Morgan fingerprint density at radius 1 is 0.857 bits per heavy atom. The lowest BCUT2D eigenvalue weighted by molar-refractivity contribution is 0.219. The lowest BCUT2D eigenvalue weighted by Gasteiger charge is -2.29. The van der Waals surface area contributed by atoms with Gasteiger partial charge in [0.1, 0.15) is 5.69 Å². The van der Waals surface area contributed by atoms with Crippen molar-refractivity contribution >= 4 is 5.57 Å². The SMILES string of the molecule is C1=CCC(c2cn(CCCCCCCCCCCC3CC4CCC4C3)nn2)=C1. The van der Waals surface area contributed by atoms with Crippen molar-refractivity contribution in [3.05, 3.63) is 30.1 Å². The van der Waals surface area contributed by atoms with Gasteiger partial charge in [-0.2, -0.15) is 0 Å². The lowest BCUT2D eigenvalue weighted by atomic mass is 9.77. The molecule has 3 nitrogen and oxygen atoms in total. The van der Waals surface area contributed by atoms with E-state index < -0.39 is 0 Å². The van der Waals surface area contributed by atoms with Gasteiger partial charge in [-0.1, -0.05) is 81.2 Å². The fraction of sp³-hybridized carbons (Fsp3) is 0.760. The normalized spacial score (nSPS) is 25.7. The number of hydrogen-bond acceptors (Lipinski definition) is 2. The molecule has 0 saturated heterocycles. The lowest BCUT2D eigenvalue weighted by Crippen LogP contribution is -2.18. The first-order chi connectivity index (χ1) is 13.9. The fourth-order valence-corrected chi connectivity index (χ4v) is 5.58. The first-order valence-corrected chi connectivity index (χ1v) is 12.1. The van der Waals surface area contributed by atoms with Crippen LogP contribution in [-0.4, -0.2) is 15.0 Å². The summed E-state index contributed by atoms with van der Waals surface area (Å²) in [6, 6.07) is 0. The maximum absolute atomic E-state index is 4.30. The van der Waals surface area contributed by atoms with Crippen LogP contribution in [0.15, 0.2) is 24.4 Å². The number of rotatable bonds is 13. The summed E-state index contributed by atoms with van der Waals surface area (Å²) < 4.78 is 2.02. The van der Waals surface area contributed by atoms with E-state index in [1.54, 1.807) is 25.7 Å². The van der Waals surface area contributed by atoms with Crippen LogP contribution in [-0.2, 0) is 6.54 Å². The molecule has 1 aromatic rings. The number of aryl methyl sites for hydroxylation is 1. The Morgan fingerprint density at radius 2 is 1.54 bits per heavy atom. The third-order valence-corrected chi connectivity index (χ3v) is 7.49. The second-order valence-electron chi connectivity index (χ2n) is 9.60. The van der Waals surface area contributed by atoms with E-state index >= 15 is 0 Å². The Bertz CT molecular complexity index is 645. The van der Waals surface area contributed by atoms with Crippen LogP contribution < -0.4 is 0 Å². The van der Waals surface area contributed by atoms with E-state index in [9.17, 15) is 0 Å². The zero-order valence-electron chi connectivity index (χ0n) is 17.7. The van der Waals surface area contributed by atoms with Crippen LogP contribution in [0.5, 0.6) is 0 Å². The molecule has 2 unspecified atom stereocenters. The van der Waals surface area contributed by atoms with E-state index in [-0.39, 0.29) is 0 Å². The molecule has 154 valence electrons. The summed E-state index contributed by atoms with van der Waals surface area (Å²) in [6.45, 7) is 1.01. The van der Waals surface area contributed by atoms with Crippen molar-refractivity contribution in [3.8, 4) is 0 Å². The summed E-state index contributed by atoms with van der Waals surface area (Å²) in [5, 5.41) is 8.58. The first-order valence-electron chi connectivity index (χ1n) is 12.1. The smallest absolute Gasteiger partial charge is 0.109 e. The quantitative estimate of drug-likeness (QED) is 0.346. The molecule has 4 rings (SSSR count). The van der Waals surface area contributed by atoms with Gasteiger partial charge in [-0.05, 0) is 61.9 Å². The van der Waals surface area contributed by atoms with Crippen molar-refractivity contribution in [2.24, 2.45) is 17.8 Å². The molecule has 0 amide bonds. The predicted octanol–water partition coefficient (Wildman–Crippen LogP) is 6.96. The van der Waals surface area contributed by atoms with Crippen molar-refractivity contribution in [2.75, 3.05) is 0 Å². The highest BCUT2D eigenvalue weighted by molar-refractivity contribution is 5.67. The molecule has 0 bridgehead atoms. The van der Waals surface area contributed by atoms with Gasteiger partial charge in [0.25, 0.3) is 0 Å². The van der Waals surface area contributed by atoms with Gasteiger partial charge in [0.15, 0.2) is 0 Å². The van der Waals surface area contributed by atoms with Gasteiger partial charge in [0, 0.05) is 6.54 Å². The van der Waals surface area contributed by atoms with Crippen LogP contribution in [0.3, 0.4) is 0 Å². The minimum absolute atomic E-state index is 1.00. The number of nitrogens with zero attached hydrogens (tertiary/aromatic N) is 3. The number of aromatic nitrogens is 3. The van der Waals surface area contributed by atoms with E-state index in [0.29, 0.717) is 0 Å². The highest BCUT2D eigenvalue weighted by Gasteiger charge is 2.39. The minimum atomic E-state index is 1.00. The minimum Gasteiger partial charge on any atom is -0.252 e. The molecular weight excluding hydrogens is 342 g/mol. The van der Waals surface area contributed by atoms with Gasteiger partial charge in [-0.25, -0.2) is 0 Å². The van der Waals surface area contributed by atoms with Crippen LogP contribution in [0, 0.1) is 17.8 Å². The molecule has 0 spiro atoms.